The summed E-state index contributed by atoms with van der Waals surface area (Å²) in [5, 5.41) is 3.60. The van der Waals surface area contributed by atoms with Gasteiger partial charge in [0.15, 0.2) is 0 Å². The van der Waals surface area contributed by atoms with Crippen molar-refractivity contribution in [3.05, 3.63) is 101 Å². The van der Waals surface area contributed by atoms with Crippen molar-refractivity contribution in [2.24, 2.45) is 0 Å². The molecule has 0 aliphatic heterocycles. The molecule has 1 amide bonds. The van der Waals surface area contributed by atoms with Crippen molar-refractivity contribution in [3.8, 4) is 5.75 Å². The van der Waals surface area contributed by atoms with Gasteiger partial charge in [-0.25, -0.2) is 0 Å². The van der Waals surface area contributed by atoms with E-state index in [1.165, 1.54) is 0 Å². The Morgan fingerprint density at radius 3 is 2.36 bits per heavy atom. The number of hydrogen-bond donors (Lipinski definition) is 1. The average Bonchev–Trinajstić information content (AvgIpc) is 2.73. The summed E-state index contributed by atoms with van der Waals surface area (Å²) in [5.74, 6) is 0.550. The lowest BCUT2D eigenvalue weighted by Crippen LogP contribution is -2.28. The molecule has 0 aliphatic carbocycles. The quantitative estimate of drug-likeness (QED) is 0.333. The molecule has 0 unspecified atom stereocenters. The molecular formula is C24H22ClNO2. The molecule has 28 heavy (non-hydrogen) atoms. The van der Waals surface area contributed by atoms with Crippen LogP contribution in [0.25, 0.3) is 11.6 Å². The van der Waals surface area contributed by atoms with Crippen molar-refractivity contribution in [1.82, 2.24) is 5.32 Å². The third-order valence-corrected chi connectivity index (χ3v) is 4.65. The molecule has 0 spiro atoms. The van der Waals surface area contributed by atoms with E-state index in [1.807, 2.05) is 85.8 Å². The number of nitrogens with one attached hydrogen (secondary N) is 1. The Hall–Kier alpha value is -3.04. The topological polar surface area (TPSA) is 38.3 Å². The van der Waals surface area contributed by atoms with E-state index in [2.05, 4.69) is 5.32 Å². The second kappa shape index (κ2) is 9.77. The van der Waals surface area contributed by atoms with E-state index in [1.54, 1.807) is 6.07 Å². The lowest BCUT2D eigenvalue weighted by atomic mass is 10.0. The Balaban J connectivity index is 1.65. The first-order chi connectivity index (χ1) is 13.6. The van der Waals surface area contributed by atoms with Crippen molar-refractivity contribution in [2.45, 2.75) is 6.92 Å². The highest BCUT2D eigenvalue weighted by Gasteiger charge is 2.11. The normalized spacial score (nSPS) is 11.1. The summed E-state index contributed by atoms with van der Waals surface area (Å²) in [7, 11) is 0. The molecule has 0 radical (unpaired) electrons. The molecule has 3 aromatic rings. The Labute approximate surface area is 170 Å². The Bertz CT molecular complexity index is 953. The summed E-state index contributed by atoms with van der Waals surface area (Å²) < 4.78 is 5.68. The highest BCUT2D eigenvalue weighted by Crippen LogP contribution is 2.21. The van der Waals surface area contributed by atoms with Gasteiger partial charge in [0.05, 0.1) is 6.54 Å². The first-order valence-electron chi connectivity index (χ1n) is 9.13. The Morgan fingerprint density at radius 2 is 1.68 bits per heavy atom. The van der Waals surface area contributed by atoms with E-state index < -0.39 is 0 Å². The van der Waals surface area contributed by atoms with Gasteiger partial charge in [-0.2, -0.15) is 0 Å². The van der Waals surface area contributed by atoms with Crippen LogP contribution in [0.15, 0.2) is 78.9 Å². The number of ether oxygens (including phenoxy) is 1. The van der Waals surface area contributed by atoms with Crippen LogP contribution < -0.4 is 10.1 Å². The predicted octanol–water partition coefficient (Wildman–Crippen LogP) is 5.38. The van der Waals surface area contributed by atoms with Crippen LogP contribution in [0, 0.1) is 6.92 Å². The van der Waals surface area contributed by atoms with Crippen molar-refractivity contribution in [1.29, 1.82) is 0 Å². The Morgan fingerprint density at radius 1 is 1.00 bits per heavy atom. The van der Waals surface area contributed by atoms with E-state index in [0.717, 1.165) is 16.7 Å². The van der Waals surface area contributed by atoms with E-state index in [9.17, 15) is 4.79 Å². The van der Waals surface area contributed by atoms with Crippen LogP contribution in [-0.2, 0) is 4.79 Å². The highest BCUT2D eigenvalue weighted by atomic mass is 35.5. The second-order valence-electron chi connectivity index (χ2n) is 6.35. The van der Waals surface area contributed by atoms with E-state index in [0.29, 0.717) is 29.5 Å². The number of aryl methyl sites for hydroxylation is 1. The van der Waals surface area contributed by atoms with Gasteiger partial charge >= 0.3 is 0 Å². The lowest BCUT2D eigenvalue weighted by molar-refractivity contribution is -0.115. The smallest absolute Gasteiger partial charge is 0.252 e. The zero-order valence-corrected chi connectivity index (χ0v) is 16.4. The summed E-state index contributed by atoms with van der Waals surface area (Å²) in [6, 6.07) is 25.0. The van der Waals surface area contributed by atoms with Crippen molar-refractivity contribution < 1.29 is 9.53 Å². The van der Waals surface area contributed by atoms with E-state index >= 15 is 0 Å². The van der Waals surface area contributed by atoms with Crippen molar-refractivity contribution >= 4 is 29.2 Å². The van der Waals surface area contributed by atoms with Gasteiger partial charge in [-0.05, 0) is 41.8 Å². The molecule has 0 saturated heterocycles. The maximum atomic E-state index is 12.8. The molecule has 0 bridgehead atoms. The molecule has 0 saturated carbocycles. The summed E-state index contributed by atoms with van der Waals surface area (Å²) in [5.41, 5.74) is 3.46. The second-order valence-corrected chi connectivity index (χ2v) is 6.76. The fraction of sp³-hybridized carbons (Fsp3) is 0.125. The molecule has 0 aliphatic rings. The van der Waals surface area contributed by atoms with Gasteiger partial charge in [0, 0.05) is 10.6 Å². The number of carbonyl (C=O) groups is 1. The fourth-order valence-electron chi connectivity index (χ4n) is 2.71. The molecule has 4 heteroatoms. The van der Waals surface area contributed by atoms with Gasteiger partial charge in [0.25, 0.3) is 5.91 Å². The minimum Gasteiger partial charge on any atom is -0.492 e. The third kappa shape index (κ3) is 5.48. The number of carbonyl (C=O) groups excluding carboxylic acids is 1. The minimum absolute atomic E-state index is 0.138. The summed E-state index contributed by atoms with van der Waals surface area (Å²) in [4.78, 5) is 12.8. The van der Waals surface area contributed by atoms with Crippen LogP contribution in [-0.4, -0.2) is 19.1 Å². The molecule has 142 valence electrons. The number of hydrogen-bond acceptors (Lipinski definition) is 2. The number of rotatable bonds is 7. The van der Waals surface area contributed by atoms with Gasteiger partial charge < -0.3 is 10.1 Å². The van der Waals surface area contributed by atoms with Gasteiger partial charge in [0.1, 0.15) is 12.4 Å². The molecule has 3 aromatic carbocycles. The third-order valence-electron chi connectivity index (χ3n) is 4.24. The number of halogens is 1. The number of benzene rings is 3. The largest absolute Gasteiger partial charge is 0.492 e. The fourth-order valence-corrected chi connectivity index (χ4v) is 2.88. The zero-order valence-electron chi connectivity index (χ0n) is 15.7. The standard InChI is InChI=1S/C24H22ClNO2/c1-18-12-13-21(17-23(18)25)28-15-14-26-24(27)22(20-10-6-3-7-11-20)16-19-8-4-2-5-9-19/h2-13,16-17H,14-15H2,1H3,(H,26,27)/b22-16+. The zero-order chi connectivity index (χ0) is 19.8. The van der Waals surface area contributed by atoms with Crippen LogP contribution in [0.4, 0.5) is 0 Å². The molecule has 0 aromatic heterocycles. The van der Waals surface area contributed by atoms with Crippen LogP contribution in [0.5, 0.6) is 5.75 Å². The van der Waals surface area contributed by atoms with Crippen LogP contribution in [0.3, 0.4) is 0 Å². The lowest BCUT2D eigenvalue weighted by Gasteiger charge is -2.11. The molecule has 3 rings (SSSR count). The highest BCUT2D eigenvalue weighted by molar-refractivity contribution is 6.31. The van der Waals surface area contributed by atoms with E-state index in [4.69, 9.17) is 16.3 Å². The summed E-state index contributed by atoms with van der Waals surface area (Å²) >= 11 is 6.11. The Kier molecular flexibility index (Phi) is 6.88. The maximum absolute atomic E-state index is 12.8. The maximum Gasteiger partial charge on any atom is 0.252 e. The minimum atomic E-state index is -0.138. The van der Waals surface area contributed by atoms with Crippen LogP contribution in [0.2, 0.25) is 5.02 Å². The number of amides is 1. The first kappa shape index (κ1) is 19.7. The first-order valence-corrected chi connectivity index (χ1v) is 9.50. The SMILES string of the molecule is Cc1ccc(OCCNC(=O)/C(=C/c2ccccc2)c2ccccc2)cc1Cl. The molecule has 3 nitrogen and oxygen atoms in total. The van der Waals surface area contributed by atoms with Gasteiger partial charge in [-0.1, -0.05) is 78.3 Å². The van der Waals surface area contributed by atoms with E-state index in [-0.39, 0.29) is 5.91 Å². The molecule has 0 fully saturated rings. The average molecular weight is 392 g/mol. The van der Waals surface area contributed by atoms with Crippen molar-refractivity contribution in [2.75, 3.05) is 13.2 Å². The van der Waals surface area contributed by atoms with Gasteiger partial charge in [-0.15, -0.1) is 0 Å². The predicted molar refractivity (Wildman–Crippen MR) is 115 cm³/mol. The molecule has 1 N–H and O–H groups in total. The van der Waals surface area contributed by atoms with Gasteiger partial charge in [0.2, 0.25) is 0 Å². The molecule has 0 heterocycles. The monoisotopic (exact) mass is 391 g/mol. The summed E-state index contributed by atoms with van der Waals surface area (Å²) in [6.07, 6.45) is 1.89. The van der Waals surface area contributed by atoms with Crippen LogP contribution in [0.1, 0.15) is 16.7 Å². The molecule has 0 atom stereocenters. The van der Waals surface area contributed by atoms with Crippen molar-refractivity contribution in [3.63, 3.8) is 0 Å². The molecular weight excluding hydrogens is 370 g/mol. The van der Waals surface area contributed by atoms with Crippen LogP contribution >= 0.6 is 11.6 Å². The summed E-state index contributed by atoms with van der Waals surface area (Å²) in [6.45, 7) is 2.69. The van der Waals surface area contributed by atoms with Gasteiger partial charge in [-0.3, -0.25) is 4.79 Å².